The first kappa shape index (κ1) is 14.3. The number of nitrogens with zero attached hydrogens (tertiary/aromatic N) is 1. The molecule has 1 aromatic rings. The Hall–Kier alpha value is -0.760. The van der Waals surface area contributed by atoms with Crippen LogP contribution in [0.25, 0.3) is 0 Å². The second-order valence-electron chi connectivity index (χ2n) is 4.79. The molecule has 1 aromatic heterocycles. The largest absolute Gasteiger partial charge is 0.351 e. The van der Waals surface area contributed by atoms with Gasteiger partial charge in [-0.05, 0) is 31.9 Å². The molecule has 1 N–H and O–H groups in total. The van der Waals surface area contributed by atoms with E-state index in [2.05, 4.69) is 49.0 Å². The van der Waals surface area contributed by atoms with Gasteiger partial charge in [-0.2, -0.15) is 0 Å². The molecule has 1 unspecified atom stereocenters. The highest BCUT2D eigenvalue weighted by Crippen LogP contribution is 2.09. The molecule has 2 nitrogen and oxygen atoms in total. The van der Waals surface area contributed by atoms with Gasteiger partial charge in [-0.1, -0.05) is 33.1 Å². The first-order valence-electron chi connectivity index (χ1n) is 7.19. The van der Waals surface area contributed by atoms with Crippen LogP contribution in [0.2, 0.25) is 0 Å². The first-order valence-corrected chi connectivity index (χ1v) is 7.19. The van der Waals surface area contributed by atoms with Crippen molar-refractivity contribution in [3.63, 3.8) is 0 Å². The summed E-state index contributed by atoms with van der Waals surface area (Å²) in [6, 6.07) is 5.06. The predicted molar refractivity (Wildman–Crippen MR) is 75.2 cm³/mol. The molecular formula is C15H28N2. The van der Waals surface area contributed by atoms with Crippen molar-refractivity contribution < 1.29 is 0 Å². The summed E-state index contributed by atoms with van der Waals surface area (Å²) in [5, 5.41) is 3.71. The summed E-state index contributed by atoms with van der Waals surface area (Å²) >= 11 is 0. The maximum atomic E-state index is 3.71. The van der Waals surface area contributed by atoms with E-state index in [1.54, 1.807) is 0 Å². The average molecular weight is 236 g/mol. The van der Waals surface area contributed by atoms with E-state index in [1.165, 1.54) is 37.8 Å². The van der Waals surface area contributed by atoms with Crippen molar-refractivity contribution in [2.24, 2.45) is 0 Å². The van der Waals surface area contributed by atoms with Gasteiger partial charge in [0.1, 0.15) is 0 Å². The first-order chi connectivity index (χ1) is 8.31. The minimum absolute atomic E-state index is 0.695. The van der Waals surface area contributed by atoms with Gasteiger partial charge >= 0.3 is 0 Å². The Morgan fingerprint density at radius 2 is 2.00 bits per heavy atom. The molecule has 1 heterocycles. The quantitative estimate of drug-likeness (QED) is 0.687. The third-order valence-electron chi connectivity index (χ3n) is 3.38. The molecule has 98 valence electrons. The molecule has 17 heavy (non-hydrogen) atoms. The fraction of sp³-hybridized carbons (Fsp3) is 0.733. The summed E-state index contributed by atoms with van der Waals surface area (Å²) in [4.78, 5) is 0. The molecule has 0 saturated heterocycles. The molecule has 0 spiro atoms. The van der Waals surface area contributed by atoms with Gasteiger partial charge in [0.25, 0.3) is 0 Å². The fourth-order valence-electron chi connectivity index (χ4n) is 2.31. The second-order valence-corrected chi connectivity index (χ2v) is 4.79. The van der Waals surface area contributed by atoms with Crippen LogP contribution in [0.15, 0.2) is 18.3 Å². The predicted octanol–water partition coefficient (Wildman–Crippen LogP) is 3.96. The van der Waals surface area contributed by atoms with E-state index in [4.69, 9.17) is 0 Å². The zero-order valence-corrected chi connectivity index (χ0v) is 11.7. The van der Waals surface area contributed by atoms with Crippen molar-refractivity contribution >= 4 is 0 Å². The monoisotopic (exact) mass is 236 g/mol. The lowest BCUT2D eigenvalue weighted by Gasteiger charge is -2.18. The number of nitrogens with one attached hydrogen (secondary N) is 1. The van der Waals surface area contributed by atoms with E-state index in [0.717, 1.165) is 13.1 Å². The van der Waals surface area contributed by atoms with Crippen LogP contribution in [0, 0.1) is 0 Å². The molecule has 0 bridgehead atoms. The Morgan fingerprint density at radius 1 is 1.18 bits per heavy atom. The molecule has 0 radical (unpaired) electrons. The van der Waals surface area contributed by atoms with E-state index in [-0.39, 0.29) is 0 Å². The van der Waals surface area contributed by atoms with E-state index >= 15 is 0 Å². The maximum Gasteiger partial charge on any atom is 0.0361 e. The van der Waals surface area contributed by atoms with Crippen LogP contribution in [-0.2, 0) is 13.1 Å². The molecule has 1 rings (SSSR count). The molecule has 0 aliphatic rings. The maximum absolute atomic E-state index is 3.71. The lowest BCUT2D eigenvalue weighted by Crippen LogP contribution is -2.29. The summed E-state index contributed by atoms with van der Waals surface area (Å²) in [6.45, 7) is 8.82. The number of hydrogen-bond donors (Lipinski definition) is 1. The normalized spacial score (nSPS) is 12.9. The van der Waals surface area contributed by atoms with Gasteiger partial charge in [-0.25, -0.2) is 0 Å². The number of aromatic nitrogens is 1. The molecule has 0 aliphatic carbocycles. The van der Waals surface area contributed by atoms with Crippen molar-refractivity contribution in [1.29, 1.82) is 0 Å². The van der Waals surface area contributed by atoms with E-state index in [1.807, 2.05) is 0 Å². The molecule has 1 atom stereocenters. The summed E-state index contributed by atoms with van der Waals surface area (Å²) in [6.07, 6.45) is 8.69. The van der Waals surface area contributed by atoms with Crippen molar-refractivity contribution in [3.8, 4) is 0 Å². The van der Waals surface area contributed by atoms with Crippen LogP contribution in [0.1, 0.15) is 58.6 Å². The lowest BCUT2D eigenvalue weighted by atomic mass is 10.1. The van der Waals surface area contributed by atoms with Crippen molar-refractivity contribution in [3.05, 3.63) is 24.0 Å². The van der Waals surface area contributed by atoms with Crippen LogP contribution in [0.3, 0.4) is 0 Å². The van der Waals surface area contributed by atoms with Crippen molar-refractivity contribution in [2.75, 3.05) is 0 Å². The molecule has 2 heteroatoms. The number of aryl methyl sites for hydroxylation is 1. The van der Waals surface area contributed by atoms with Gasteiger partial charge in [0, 0.05) is 31.0 Å². The Kier molecular flexibility index (Phi) is 7.02. The van der Waals surface area contributed by atoms with Crippen molar-refractivity contribution in [1.82, 2.24) is 9.88 Å². The summed E-state index contributed by atoms with van der Waals surface area (Å²) < 4.78 is 2.32. The van der Waals surface area contributed by atoms with Gasteiger partial charge in [0.2, 0.25) is 0 Å². The van der Waals surface area contributed by atoms with Gasteiger partial charge < -0.3 is 9.88 Å². The Bertz CT molecular complexity index is 291. The average Bonchev–Trinajstić information content (AvgIpc) is 2.80. The summed E-state index contributed by atoms with van der Waals surface area (Å²) in [5.41, 5.74) is 1.41. The molecule has 0 saturated carbocycles. The fourth-order valence-corrected chi connectivity index (χ4v) is 2.31. The third-order valence-corrected chi connectivity index (χ3v) is 3.38. The Morgan fingerprint density at radius 3 is 2.65 bits per heavy atom. The number of rotatable bonds is 9. The van der Waals surface area contributed by atoms with Crippen LogP contribution < -0.4 is 5.32 Å². The topological polar surface area (TPSA) is 17.0 Å². The van der Waals surface area contributed by atoms with Crippen LogP contribution >= 0.6 is 0 Å². The van der Waals surface area contributed by atoms with Crippen molar-refractivity contribution in [2.45, 2.75) is 72.0 Å². The van der Waals surface area contributed by atoms with Gasteiger partial charge in [0.15, 0.2) is 0 Å². The minimum atomic E-state index is 0.695. The highest BCUT2D eigenvalue weighted by atomic mass is 15.0. The van der Waals surface area contributed by atoms with Crippen LogP contribution in [0.5, 0.6) is 0 Å². The molecular weight excluding hydrogens is 208 g/mol. The van der Waals surface area contributed by atoms with Gasteiger partial charge in [0.05, 0.1) is 0 Å². The second kappa shape index (κ2) is 8.35. The Balaban J connectivity index is 2.39. The Labute approximate surface area is 106 Å². The van der Waals surface area contributed by atoms with Gasteiger partial charge in [-0.15, -0.1) is 0 Å². The lowest BCUT2D eigenvalue weighted by molar-refractivity contribution is 0.427. The van der Waals surface area contributed by atoms with Crippen LogP contribution in [0.4, 0.5) is 0 Å². The van der Waals surface area contributed by atoms with E-state index < -0.39 is 0 Å². The standard InChI is InChI=1S/C15H28N2/c1-4-7-10-14(9-5-2)16-13-15-11-8-12-17(15)6-3/h8,11-12,14,16H,4-7,9-10,13H2,1-3H3. The molecule has 0 amide bonds. The highest BCUT2D eigenvalue weighted by Gasteiger charge is 2.07. The summed E-state index contributed by atoms with van der Waals surface area (Å²) in [5.74, 6) is 0. The highest BCUT2D eigenvalue weighted by molar-refractivity contribution is 5.06. The zero-order valence-electron chi connectivity index (χ0n) is 11.7. The zero-order chi connectivity index (χ0) is 12.5. The molecule has 0 aliphatic heterocycles. The van der Waals surface area contributed by atoms with Crippen LogP contribution in [-0.4, -0.2) is 10.6 Å². The summed E-state index contributed by atoms with van der Waals surface area (Å²) in [7, 11) is 0. The molecule has 0 fully saturated rings. The van der Waals surface area contributed by atoms with E-state index in [9.17, 15) is 0 Å². The smallest absolute Gasteiger partial charge is 0.0361 e. The number of hydrogen-bond acceptors (Lipinski definition) is 1. The SMILES string of the molecule is CCCCC(CCC)NCc1cccn1CC. The van der Waals surface area contributed by atoms with Gasteiger partial charge in [-0.3, -0.25) is 0 Å². The number of unbranched alkanes of at least 4 members (excludes halogenated alkanes) is 1. The third kappa shape index (κ3) is 4.95. The minimum Gasteiger partial charge on any atom is -0.351 e. The van der Waals surface area contributed by atoms with E-state index in [0.29, 0.717) is 6.04 Å². The molecule has 0 aromatic carbocycles.